The fourth-order valence-electron chi connectivity index (χ4n) is 0.151. The molecular formula is C6H11FO5. The summed E-state index contributed by atoms with van der Waals surface area (Å²) in [4.78, 5) is 18.4. The standard InChI is InChI=1S/C5H8O2.CH2O3.FH/c1-3-4(2)5(6)7;2-1(3)4;/h2-3H2,1H3,(H,6,7);(H2,2,3,4);1H. The summed E-state index contributed by atoms with van der Waals surface area (Å²) < 4.78 is 0. The predicted octanol–water partition coefficient (Wildman–Crippen LogP) is 1.41. The number of hydrogen-bond acceptors (Lipinski definition) is 2. The number of carboxylic acid groups (broad SMARTS) is 3. The Hall–Kier alpha value is -1.59. The number of carbonyl (C=O) groups is 2. The van der Waals surface area contributed by atoms with E-state index in [9.17, 15) is 4.79 Å². The summed E-state index contributed by atoms with van der Waals surface area (Å²) in [7, 11) is 0. The van der Waals surface area contributed by atoms with Gasteiger partial charge in [-0.15, -0.1) is 0 Å². The molecule has 0 aliphatic rings. The van der Waals surface area contributed by atoms with E-state index < -0.39 is 12.1 Å². The highest BCUT2D eigenvalue weighted by atomic mass is 19.0. The third-order valence-electron chi connectivity index (χ3n) is 0.729. The molecule has 72 valence electrons. The molecule has 0 atom stereocenters. The molecule has 0 saturated carbocycles. The zero-order valence-corrected chi connectivity index (χ0v) is 6.48. The van der Waals surface area contributed by atoms with Crippen LogP contribution in [0.5, 0.6) is 0 Å². The lowest BCUT2D eigenvalue weighted by atomic mass is 10.2. The van der Waals surface area contributed by atoms with Crippen LogP contribution in [-0.2, 0) is 4.79 Å². The van der Waals surface area contributed by atoms with Gasteiger partial charge in [0.25, 0.3) is 0 Å². The first kappa shape index (κ1) is 16.8. The minimum absolute atomic E-state index is 0. The van der Waals surface area contributed by atoms with Gasteiger partial charge in [-0.05, 0) is 6.42 Å². The quantitative estimate of drug-likeness (QED) is 0.561. The first-order valence-electron chi connectivity index (χ1n) is 2.74. The fourth-order valence-corrected chi connectivity index (χ4v) is 0.151. The summed E-state index contributed by atoms with van der Waals surface area (Å²) in [6.07, 6.45) is -1.31. The third kappa shape index (κ3) is 23.7. The molecule has 0 saturated heterocycles. The molecule has 0 aromatic heterocycles. The van der Waals surface area contributed by atoms with Crippen LogP contribution in [0.2, 0.25) is 0 Å². The van der Waals surface area contributed by atoms with Crippen LogP contribution in [0.25, 0.3) is 0 Å². The average Bonchev–Trinajstić information content (AvgIpc) is 1.85. The lowest BCUT2D eigenvalue weighted by Gasteiger charge is -1.87. The van der Waals surface area contributed by atoms with Crippen LogP contribution in [0.3, 0.4) is 0 Å². The second-order valence-electron chi connectivity index (χ2n) is 1.54. The Labute approximate surface area is 68.3 Å². The number of halogens is 1. The molecule has 0 aromatic rings. The van der Waals surface area contributed by atoms with Gasteiger partial charge >= 0.3 is 12.1 Å². The van der Waals surface area contributed by atoms with E-state index in [1.807, 2.05) is 0 Å². The maximum atomic E-state index is 9.83. The van der Waals surface area contributed by atoms with Crippen molar-refractivity contribution in [3.8, 4) is 0 Å². The van der Waals surface area contributed by atoms with Gasteiger partial charge in [0, 0.05) is 5.57 Å². The molecule has 0 aliphatic heterocycles. The maximum absolute atomic E-state index is 9.83. The Morgan fingerprint density at radius 2 is 1.50 bits per heavy atom. The van der Waals surface area contributed by atoms with Gasteiger partial charge in [-0.3, -0.25) is 4.70 Å². The molecular weight excluding hydrogens is 171 g/mol. The summed E-state index contributed by atoms with van der Waals surface area (Å²) in [5.74, 6) is -0.900. The fraction of sp³-hybridized carbons (Fsp3) is 0.333. The molecule has 0 fully saturated rings. The lowest BCUT2D eigenvalue weighted by molar-refractivity contribution is -0.132. The SMILES string of the molecule is C=C(CC)C(=O)O.F.O=C(O)O. The Morgan fingerprint density at radius 3 is 1.50 bits per heavy atom. The van der Waals surface area contributed by atoms with E-state index >= 15 is 0 Å². The second-order valence-corrected chi connectivity index (χ2v) is 1.54. The first-order valence-corrected chi connectivity index (χ1v) is 2.74. The van der Waals surface area contributed by atoms with Crippen LogP contribution < -0.4 is 0 Å². The molecule has 0 spiro atoms. The largest absolute Gasteiger partial charge is 0.503 e. The molecule has 0 radical (unpaired) electrons. The van der Waals surface area contributed by atoms with Gasteiger partial charge in [-0.1, -0.05) is 13.5 Å². The monoisotopic (exact) mass is 182 g/mol. The van der Waals surface area contributed by atoms with E-state index in [-0.39, 0.29) is 10.3 Å². The van der Waals surface area contributed by atoms with E-state index in [0.717, 1.165) is 0 Å². The van der Waals surface area contributed by atoms with Crippen molar-refractivity contribution in [2.75, 3.05) is 0 Å². The van der Waals surface area contributed by atoms with E-state index in [1.54, 1.807) is 6.92 Å². The molecule has 0 unspecified atom stereocenters. The normalized spacial score (nSPS) is 6.75. The Morgan fingerprint density at radius 1 is 1.25 bits per heavy atom. The minimum atomic E-state index is -1.83. The average molecular weight is 182 g/mol. The summed E-state index contributed by atoms with van der Waals surface area (Å²) in [6.45, 7) is 5.03. The molecule has 0 bridgehead atoms. The van der Waals surface area contributed by atoms with Gasteiger partial charge < -0.3 is 15.3 Å². The van der Waals surface area contributed by atoms with Gasteiger partial charge in [0.1, 0.15) is 0 Å². The maximum Gasteiger partial charge on any atom is 0.503 e. The molecule has 0 rings (SSSR count). The highest BCUT2D eigenvalue weighted by molar-refractivity contribution is 5.85. The predicted molar refractivity (Wildman–Crippen MR) is 40.2 cm³/mol. The molecule has 3 N–H and O–H groups in total. The summed E-state index contributed by atoms with van der Waals surface area (Å²) in [6, 6.07) is 0. The molecule has 6 heteroatoms. The minimum Gasteiger partial charge on any atom is -0.478 e. The van der Waals surface area contributed by atoms with Crippen molar-refractivity contribution in [2.45, 2.75) is 13.3 Å². The molecule has 5 nitrogen and oxygen atoms in total. The Kier molecular flexibility index (Phi) is 13.2. The van der Waals surface area contributed by atoms with Crippen molar-refractivity contribution in [2.24, 2.45) is 0 Å². The molecule has 0 aromatic carbocycles. The van der Waals surface area contributed by atoms with Crippen LogP contribution >= 0.6 is 0 Å². The van der Waals surface area contributed by atoms with Crippen LogP contribution in [0.4, 0.5) is 9.50 Å². The number of rotatable bonds is 2. The van der Waals surface area contributed by atoms with Crippen LogP contribution in [0.1, 0.15) is 13.3 Å². The number of hydrogen-bond donors (Lipinski definition) is 3. The van der Waals surface area contributed by atoms with Crippen molar-refractivity contribution in [3.63, 3.8) is 0 Å². The van der Waals surface area contributed by atoms with Crippen molar-refractivity contribution in [3.05, 3.63) is 12.2 Å². The van der Waals surface area contributed by atoms with Crippen molar-refractivity contribution >= 4 is 12.1 Å². The molecule has 12 heavy (non-hydrogen) atoms. The van der Waals surface area contributed by atoms with Crippen LogP contribution in [-0.4, -0.2) is 27.4 Å². The highest BCUT2D eigenvalue weighted by Crippen LogP contribution is 1.93. The van der Waals surface area contributed by atoms with Gasteiger partial charge in [0.05, 0.1) is 0 Å². The summed E-state index contributed by atoms with van der Waals surface area (Å²) >= 11 is 0. The lowest BCUT2D eigenvalue weighted by Crippen LogP contribution is -1.95. The third-order valence-corrected chi connectivity index (χ3v) is 0.729. The highest BCUT2D eigenvalue weighted by Gasteiger charge is 1.96. The Bertz CT molecular complexity index is 161. The molecule has 0 aliphatic carbocycles. The van der Waals surface area contributed by atoms with Crippen molar-refractivity contribution in [1.29, 1.82) is 0 Å². The van der Waals surface area contributed by atoms with E-state index in [1.165, 1.54) is 0 Å². The molecule has 0 amide bonds. The van der Waals surface area contributed by atoms with Gasteiger partial charge in [-0.2, -0.15) is 0 Å². The van der Waals surface area contributed by atoms with Gasteiger partial charge in [0.2, 0.25) is 0 Å². The Balaban J connectivity index is -0.000000142. The van der Waals surface area contributed by atoms with E-state index in [2.05, 4.69) is 6.58 Å². The smallest absolute Gasteiger partial charge is 0.478 e. The topological polar surface area (TPSA) is 94.8 Å². The number of aliphatic carboxylic acids is 1. The zero-order valence-electron chi connectivity index (χ0n) is 6.48. The van der Waals surface area contributed by atoms with E-state index in [4.69, 9.17) is 20.1 Å². The van der Waals surface area contributed by atoms with Crippen LogP contribution in [0, 0.1) is 0 Å². The van der Waals surface area contributed by atoms with E-state index in [0.29, 0.717) is 6.42 Å². The summed E-state index contributed by atoms with van der Waals surface area (Å²) in [5.41, 5.74) is 0.264. The van der Waals surface area contributed by atoms with Crippen molar-refractivity contribution in [1.82, 2.24) is 0 Å². The summed E-state index contributed by atoms with van der Waals surface area (Å²) in [5, 5.41) is 22.0. The molecule has 0 heterocycles. The van der Waals surface area contributed by atoms with Gasteiger partial charge in [-0.25, -0.2) is 9.59 Å². The van der Waals surface area contributed by atoms with Crippen LogP contribution in [0.15, 0.2) is 12.2 Å². The number of carboxylic acids is 1. The first-order chi connectivity index (χ1) is 4.91. The zero-order chi connectivity index (χ0) is 9.44. The second kappa shape index (κ2) is 9.41. The van der Waals surface area contributed by atoms with Gasteiger partial charge in [0.15, 0.2) is 0 Å². The van der Waals surface area contributed by atoms with Crippen molar-refractivity contribution < 1.29 is 29.6 Å².